The number of rotatable bonds is 3. The fourth-order valence-corrected chi connectivity index (χ4v) is 2.41. The van der Waals surface area contributed by atoms with Crippen LogP contribution in [0.3, 0.4) is 0 Å². The maximum Gasteiger partial charge on any atom is 0.223 e. The normalized spacial score (nSPS) is 10.3. The summed E-state index contributed by atoms with van der Waals surface area (Å²) in [5, 5.41) is 4.18. The van der Waals surface area contributed by atoms with Gasteiger partial charge in [0.05, 0.1) is 11.2 Å². The lowest BCUT2D eigenvalue weighted by atomic mass is 10.4. The highest BCUT2D eigenvalue weighted by molar-refractivity contribution is 9.10. The van der Waals surface area contributed by atoms with Crippen molar-refractivity contribution in [1.82, 2.24) is 9.97 Å². The number of aromatic nitrogens is 2. The summed E-state index contributed by atoms with van der Waals surface area (Å²) in [4.78, 5) is 9.42. The fourth-order valence-electron chi connectivity index (χ4n) is 1.16. The highest BCUT2D eigenvalue weighted by Gasteiger charge is 2.06. The van der Waals surface area contributed by atoms with E-state index in [-0.39, 0.29) is 0 Å². The summed E-state index contributed by atoms with van der Waals surface area (Å²) in [6.45, 7) is 0. The lowest BCUT2D eigenvalue weighted by Gasteiger charge is -2.05. The topological polar surface area (TPSA) is 37.8 Å². The molecule has 0 spiro atoms. The van der Waals surface area contributed by atoms with Gasteiger partial charge in [0.1, 0.15) is 5.03 Å². The molecule has 0 aliphatic rings. The zero-order valence-electron chi connectivity index (χ0n) is 8.95. The first kappa shape index (κ1) is 12.7. The molecule has 1 aromatic carbocycles. The molecule has 0 aliphatic heterocycles. The van der Waals surface area contributed by atoms with Gasteiger partial charge < -0.3 is 5.32 Å². The van der Waals surface area contributed by atoms with Gasteiger partial charge in [0.2, 0.25) is 5.95 Å². The molecule has 0 saturated heterocycles. The highest BCUT2D eigenvalue weighted by Crippen LogP contribution is 2.32. The van der Waals surface area contributed by atoms with Crippen LogP contribution in [0.1, 0.15) is 0 Å². The van der Waals surface area contributed by atoms with E-state index in [2.05, 4.69) is 31.2 Å². The predicted octanol–water partition coefficient (Wildman–Crippen LogP) is 4.09. The molecule has 1 aromatic heterocycles. The number of nitrogens with one attached hydrogen (secondary N) is 1. The SMILES string of the molecule is CNc1ncc(Cl)c(Sc2ccc(Br)cc2)n1. The molecule has 0 bridgehead atoms. The predicted molar refractivity (Wildman–Crippen MR) is 74.9 cm³/mol. The Hall–Kier alpha value is -0.780. The van der Waals surface area contributed by atoms with Crippen LogP contribution in [0.2, 0.25) is 5.02 Å². The number of benzene rings is 1. The Morgan fingerprint density at radius 2 is 2.00 bits per heavy atom. The van der Waals surface area contributed by atoms with Crippen LogP contribution in [0.4, 0.5) is 5.95 Å². The average Bonchev–Trinajstić information content (AvgIpc) is 2.35. The summed E-state index contributed by atoms with van der Waals surface area (Å²) in [6, 6.07) is 7.98. The third-order valence-corrected chi connectivity index (χ3v) is 3.89. The van der Waals surface area contributed by atoms with Crippen LogP contribution in [0.5, 0.6) is 0 Å². The summed E-state index contributed by atoms with van der Waals surface area (Å²) < 4.78 is 1.05. The molecule has 0 atom stereocenters. The summed E-state index contributed by atoms with van der Waals surface area (Å²) in [7, 11) is 1.78. The second-order valence-corrected chi connectivity index (χ2v) is 5.54. The van der Waals surface area contributed by atoms with Crippen LogP contribution >= 0.6 is 39.3 Å². The molecule has 1 N–H and O–H groups in total. The molecule has 3 nitrogen and oxygen atoms in total. The van der Waals surface area contributed by atoms with Gasteiger partial charge in [-0.1, -0.05) is 39.3 Å². The van der Waals surface area contributed by atoms with Crippen LogP contribution in [0.25, 0.3) is 0 Å². The molecule has 0 saturated carbocycles. The van der Waals surface area contributed by atoms with Crippen molar-refractivity contribution in [3.8, 4) is 0 Å². The van der Waals surface area contributed by atoms with Crippen molar-refractivity contribution < 1.29 is 0 Å². The standard InChI is InChI=1S/C11H9BrClN3S/c1-14-11-15-6-9(13)10(16-11)17-8-4-2-7(12)3-5-8/h2-6H,1H3,(H,14,15,16). The molecule has 2 aromatic rings. The molecule has 0 fully saturated rings. The van der Waals surface area contributed by atoms with Crippen LogP contribution in [-0.2, 0) is 0 Å². The Morgan fingerprint density at radius 3 is 2.65 bits per heavy atom. The second kappa shape index (κ2) is 5.71. The minimum Gasteiger partial charge on any atom is -0.357 e. The molecule has 6 heteroatoms. The maximum absolute atomic E-state index is 6.05. The molecule has 88 valence electrons. The molecule has 1 heterocycles. The number of hydrogen-bond donors (Lipinski definition) is 1. The molecule has 17 heavy (non-hydrogen) atoms. The molecule has 0 amide bonds. The van der Waals surface area contributed by atoms with E-state index in [4.69, 9.17) is 11.6 Å². The third kappa shape index (κ3) is 3.34. The van der Waals surface area contributed by atoms with Crippen LogP contribution in [0, 0.1) is 0 Å². The summed E-state index contributed by atoms with van der Waals surface area (Å²) in [5.41, 5.74) is 0. The second-order valence-electron chi connectivity index (χ2n) is 3.15. The Bertz CT molecular complexity index is 519. The average molecular weight is 331 g/mol. The van der Waals surface area contributed by atoms with E-state index >= 15 is 0 Å². The van der Waals surface area contributed by atoms with E-state index < -0.39 is 0 Å². The van der Waals surface area contributed by atoms with Gasteiger partial charge in [0.15, 0.2) is 0 Å². The first-order chi connectivity index (χ1) is 8.19. The van der Waals surface area contributed by atoms with Crippen molar-refractivity contribution in [2.45, 2.75) is 9.92 Å². The minimum absolute atomic E-state index is 0.553. The molecule has 0 aliphatic carbocycles. The van der Waals surface area contributed by atoms with Crippen LogP contribution in [0.15, 0.2) is 44.9 Å². The Balaban J connectivity index is 2.25. The Labute approximate surface area is 117 Å². The van der Waals surface area contributed by atoms with Gasteiger partial charge in [-0.2, -0.15) is 0 Å². The van der Waals surface area contributed by atoms with Gasteiger partial charge >= 0.3 is 0 Å². The van der Waals surface area contributed by atoms with Crippen molar-refractivity contribution in [1.29, 1.82) is 0 Å². The van der Waals surface area contributed by atoms with E-state index in [1.165, 1.54) is 11.8 Å². The van der Waals surface area contributed by atoms with Gasteiger partial charge in [-0.05, 0) is 24.3 Å². The van der Waals surface area contributed by atoms with E-state index in [1.54, 1.807) is 13.2 Å². The van der Waals surface area contributed by atoms with Gasteiger partial charge in [-0.3, -0.25) is 0 Å². The minimum atomic E-state index is 0.553. The van der Waals surface area contributed by atoms with Crippen molar-refractivity contribution in [2.75, 3.05) is 12.4 Å². The van der Waals surface area contributed by atoms with Crippen LogP contribution in [-0.4, -0.2) is 17.0 Å². The van der Waals surface area contributed by atoms with E-state index in [0.29, 0.717) is 11.0 Å². The lowest BCUT2D eigenvalue weighted by Crippen LogP contribution is -1.96. The number of hydrogen-bond acceptors (Lipinski definition) is 4. The van der Waals surface area contributed by atoms with Gasteiger partial charge in [-0.25, -0.2) is 9.97 Å². The van der Waals surface area contributed by atoms with Crippen molar-refractivity contribution >= 4 is 45.2 Å². The number of nitrogens with zero attached hydrogens (tertiary/aromatic N) is 2. The van der Waals surface area contributed by atoms with Gasteiger partial charge in [0, 0.05) is 16.4 Å². The highest BCUT2D eigenvalue weighted by atomic mass is 79.9. The van der Waals surface area contributed by atoms with Crippen molar-refractivity contribution in [2.24, 2.45) is 0 Å². The summed E-state index contributed by atoms with van der Waals surface area (Å²) in [6.07, 6.45) is 1.60. The van der Waals surface area contributed by atoms with Crippen molar-refractivity contribution in [3.63, 3.8) is 0 Å². The van der Waals surface area contributed by atoms with E-state index in [9.17, 15) is 0 Å². The van der Waals surface area contributed by atoms with Crippen molar-refractivity contribution in [3.05, 3.63) is 40.0 Å². The zero-order chi connectivity index (χ0) is 12.3. The first-order valence-corrected chi connectivity index (χ1v) is 6.81. The summed E-state index contributed by atoms with van der Waals surface area (Å²) in [5.74, 6) is 0.564. The van der Waals surface area contributed by atoms with Crippen LogP contribution < -0.4 is 5.32 Å². The quantitative estimate of drug-likeness (QED) is 0.860. The molecular weight excluding hydrogens is 322 g/mol. The largest absolute Gasteiger partial charge is 0.357 e. The van der Waals surface area contributed by atoms with E-state index in [1.807, 2.05) is 24.3 Å². The van der Waals surface area contributed by atoms with Gasteiger partial charge in [-0.15, -0.1) is 0 Å². The fraction of sp³-hybridized carbons (Fsp3) is 0.0909. The first-order valence-electron chi connectivity index (χ1n) is 4.83. The number of anilines is 1. The Morgan fingerprint density at radius 1 is 1.29 bits per heavy atom. The van der Waals surface area contributed by atoms with Gasteiger partial charge in [0.25, 0.3) is 0 Å². The smallest absolute Gasteiger partial charge is 0.223 e. The number of halogens is 2. The lowest BCUT2D eigenvalue weighted by molar-refractivity contribution is 1.05. The zero-order valence-corrected chi connectivity index (χ0v) is 12.1. The molecule has 0 radical (unpaired) electrons. The summed E-state index contributed by atoms with van der Waals surface area (Å²) >= 11 is 11.0. The third-order valence-electron chi connectivity index (χ3n) is 1.96. The Kier molecular flexibility index (Phi) is 4.25. The molecule has 2 rings (SSSR count). The molecular formula is C11H9BrClN3S. The van der Waals surface area contributed by atoms with E-state index in [0.717, 1.165) is 14.4 Å². The maximum atomic E-state index is 6.05. The monoisotopic (exact) mass is 329 g/mol. The molecule has 0 unspecified atom stereocenters.